The maximum absolute atomic E-state index is 12.5. The third-order valence-electron chi connectivity index (χ3n) is 3.04. The molecule has 1 aromatic carbocycles. The molecule has 0 bridgehead atoms. The van der Waals surface area contributed by atoms with Gasteiger partial charge in [0.1, 0.15) is 0 Å². The molecule has 0 aromatic heterocycles. The van der Waals surface area contributed by atoms with Crippen LogP contribution in [-0.2, 0) is 0 Å². The zero-order valence-electron chi connectivity index (χ0n) is 8.67. The average Bonchev–Trinajstić information content (AvgIpc) is 2.00. The van der Waals surface area contributed by atoms with Gasteiger partial charge in [-0.1, -0.05) is 49.0 Å². The molecule has 5 heteroatoms. The van der Waals surface area contributed by atoms with Crippen molar-refractivity contribution >= 4 is 6.98 Å². The largest absolute Gasteiger partial charge is 1.00 e. The molecule has 2 atom stereocenters. The van der Waals surface area contributed by atoms with E-state index < -0.39 is 12.8 Å². The molecule has 0 heterocycles. The Balaban J connectivity index is 0.00000112. The molecular weight excluding hydrogens is 227 g/mol. The van der Waals surface area contributed by atoms with Gasteiger partial charge in [-0.2, -0.15) is 0 Å². The Morgan fingerprint density at radius 3 is 2.00 bits per heavy atom. The SMILES string of the molecule is F[B-](F)(F)C1CCC1c1ccccc1.[K+]. The van der Waals surface area contributed by atoms with Gasteiger partial charge >= 0.3 is 58.4 Å². The first-order valence-corrected chi connectivity index (χ1v) is 4.84. The molecule has 0 saturated heterocycles. The molecular formula is C10H11BF3K. The normalized spacial score (nSPS) is 25.3. The molecule has 0 nitrogen and oxygen atoms in total. The van der Waals surface area contributed by atoms with E-state index in [-0.39, 0.29) is 57.3 Å². The third-order valence-corrected chi connectivity index (χ3v) is 3.04. The summed E-state index contributed by atoms with van der Waals surface area (Å²) in [5.41, 5.74) is 0.836. The van der Waals surface area contributed by atoms with Crippen molar-refractivity contribution in [2.45, 2.75) is 24.6 Å². The number of benzene rings is 1. The van der Waals surface area contributed by atoms with Crippen molar-refractivity contribution in [1.29, 1.82) is 0 Å². The van der Waals surface area contributed by atoms with Crippen molar-refractivity contribution in [2.24, 2.45) is 0 Å². The van der Waals surface area contributed by atoms with Crippen molar-refractivity contribution in [2.75, 3.05) is 0 Å². The van der Waals surface area contributed by atoms with E-state index >= 15 is 0 Å². The van der Waals surface area contributed by atoms with E-state index in [1.165, 1.54) is 0 Å². The Morgan fingerprint density at radius 1 is 1.00 bits per heavy atom. The second kappa shape index (κ2) is 5.36. The molecule has 76 valence electrons. The van der Waals surface area contributed by atoms with Crippen LogP contribution in [0.5, 0.6) is 0 Å². The molecule has 0 N–H and O–H groups in total. The second-order valence-corrected chi connectivity index (χ2v) is 3.88. The summed E-state index contributed by atoms with van der Waals surface area (Å²) in [6, 6.07) is 9.01. The molecule has 0 aliphatic heterocycles. The van der Waals surface area contributed by atoms with Crippen molar-refractivity contribution in [3.05, 3.63) is 35.9 Å². The zero-order chi connectivity index (χ0) is 10.2. The van der Waals surface area contributed by atoms with Crippen LogP contribution in [0.1, 0.15) is 24.3 Å². The first-order valence-electron chi connectivity index (χ1n) is 4.84. The number of hydrogen-bond donors (Lipinski definition) is 0. The fourth-order valence-electron chi connectivity index (χ4n) is 2.09. The van der Waals surface area contributed by atoms with Crippen LogP contribution in [0.2, 0.25) is 5.82 Å². The predicted octanol–water partition coefficient (Wildman–Crippen LogP) is 0.786. The Kier molecular flexibility index (Phi) is 4.92. The van der Waals surface area contributed by atoms with Gasteiger partial charge in [-0.3, -0.25) is 0 Å². The minimum atomic E-state index is -4.65. The maximum Gasteiger partial charge on any atom is 1.00 e. The van der Waals surface area contributed by atoms with E-state index in [4.69, 9.17) is 0 Å². The average molecular weight is 238 g/mol. The first-order chi connectivity index (χ1) is 6.59. The summed E-state index contributed by atoms with van der Waals surface area (Å²) >= 11 is 0. The van der Waals surface area contributed by atoms with Gasteiger partial charge in [0.15, 0.2) is 0 Å². The van der Waals surface area contributed by atoms with Gasteiger partial charge in [0.05, 0.1) is 0 Å². The van der Waals surface area contributed by atoms with E-state index in [9.17, 15) is 12.9 Å². The van der Waals surface area contributed by atoms with Crippen LogP contribution in [0.15, 0.2) is 30.3 Å². The molecule has 1 aromatic rings. The summed E-state index contributed by atoms with van der Waals surface area (Å²) in [5, 5.41) is 0. The Morgan fingerprint density at radius 2 is 1.60 bits per heavy atom. The first kappa shape index (κ1) is 13.8. The minimum Gasteiger partial charge on any atom is -0.449 e. The van der Waals surface area contributed by atoms with Crippen LogP contribution in [-0.4, -0.2) is 6.98 Å². The summed E-state index contributed by atoms with van der Waals surface area (Å²) in [5.74, 6) is -1.34. The standard InChI is InChI=1S/C10H11BF3.K/c12-11(13,14)10-7-6-9(10)8-4-2-1-3-5-8;/h1-5,9-10H,6-7H2;/q-1;+1. The topological polar surface area (TPSA) is 0 Å². The van der Waals surface area contributed by atoms with Crippen LogP contribution in [0, 0.1) is 0 Å². The molecule has 0 amide bonds. The summed E-state index contributed by atoms with van der Waals surface area (Å²) in [6.07, 6.45) is 0.985. The van der Waals surface area contributed by atoms with E-state index in [1.54, 1.807) is 24.3 Å². The predicted molar refractivity (Wildman–Crippen MR) is 51.2 cm³/mol. The Bertz CT molecular complexity index is 312. The van der Waals surface area contributed by atoms with E-state index in [0.29, 0.717) is 12.8 Å². The van der Waals surface area contributed by atoms with E-state index in [1.807, 2.05) is 6.07 Å². The van der Waals surface area contributed by atoms with Crippen molar-refractivity contribution < 1.29 is 64.3 Å². The summed E-state index contributed by atoms with van der Waals surface area (Å²) in [7, 11) is 0. The van der Waals surface area contributed by atoms with Crippen LogP contribution >= 0.6 is 0 Å². The summed E-state index contributed by atoms with van der Waals surface area (Å²) < 4.78 is 37.5. The quantitative estimate of drug-likeness (QED) is 0.668. The van der Waals surface area contributed by atoms with E-state index in [2.05, 4.69) is 0 Å². The monoisotopic (exact) mass is 238 g/mol. The van der Waals surface area contributed by atoms with Gasteiger partial charge in [-0.25, -0.2) is 0 Å². The Hall–Kier alpha value is 0.711. The van der Waals surface area contributed by atoms with E-state index in [0.717, 1.165) is 5.56 Å². The molecule has 1 aliphatic carbocycles. The minimum absolute atomic E-state index is 0. The fraction of sp³-hybridized carbons (Fsp3) is 0.400. The zero-order valence-corrected chi connectivity index (χ0v) is 11.8. The second-order valence-electron chi connectivity index (χ2n) is 3.88. The van der Waals surface area contributed by atoms with Crippen molar-refractivity contribution in [3.63, 3.8) is 0 Å². The van der Waals surface area contributed by atoms with Crippen LogP contribution < -0.4 is 51.4 Å². The van der Waals surface area contributed by atoms with Gasteiger partial charge < -0.3 is 12.9 Å². The third kappa shape index (κ3) is 3.10. The molecule has 15 heavy (non-hydrogen) atoms. The number of halogens is 3. The summed E-state index contributed by atoms with van der Waals surface area (Å²) in [6.45, 7) is -4.65. The van der Waals surface area contributed by atoms with Gasteiger partial charge in [0.2, 0.25) is 0 Å². The molecule has 1 saturated carbocycles. The van der Waals surface area contributed by atoms with Gasteiger partial charge in [0.25, 0.3) is 0 Å². The number of rotatable bonds is 2. The molecule has 0 radical (unpaired) electrons. The fourth-order valence-corrected chi connectivity index (χ4v) is 2.09. The van der Waals surface area contributed by atoms with Crippen molar-refractivity contribution in [1.82, 2.24) is 0 Å². The Labute approximate surface area is 130 Å². The number of hydrogen-bond acceptors (Lipinski definition) is 0. The van der Waals surface area contributed by atoms with Gasteiger partial charge in [-0.05, 0) is 11.5 Å². The van der Waals surface area contributed by atoms with Crippen LogP contribution in [0.4, 0.5) is 12.9 Å². The molecule has 0 spiro atoms. The van der Waals surface area contributed by atoms with Gasteiger partial charge in [-0.15, -0.1) is 0 Å². The molecule has 2 rings (SSSR count). The summed E-state index contributed by atoms with van der Waals surface area (Å²) in [4.78, 5) is 0. The van der Waals surface area contributed by atoms with Crippen LogP contribution in [0.3, 0.4) is 0 Å². The molecule has 1 fully saturated rings. The molecule has 2 unspecified atom stereocenters. The maximum atomic E-state index is 12.5. The van der Waals surface area contributed by atoms with Gasteiger partial charge in [0, 0.05) is 0 Å². The van der Waals surface area contributed by atoms with Crippen LogP contribution in [0.25, 0.3) is 0 Å². The van der Waals surface area contributed by atoms with Crippen molar-refractivity contribution in [3.8, 4) is 0 Å². The smallest absolute Gasteiger partial charge is 0.449 e. The molecule has 1 aliphatic rings.